The van der Waals surface area contributed by atoms with Crippen molar-refractivity contribution in [3.8, 4) is 6.07 Å². The Kier molecular flexibility index (Phi) is 3.70. The lowest BCUT2D eigenvalue weighted by atomic mass is 9.85. The van der Waals surface area contributed by atoms with E-state index in [4.69, 9.17) is 20.0 Å². The number of rotatable bonds is 3. The number of nitrogens with one attached hydrogen (secondary N) is 1. The summed E-state index contributed by atoms with van der Waals surface area (Å²) in [5.41, 5.74) is 1.39. The van der Waals surface area contributed by atoms with Crippen molar-refractivity contribution in [2.24, 2.45) is 0 Å². The largest absolute Gasteiger partial charge is 0.554 e. The summed E-state index contributed by atoms with van der Waals surface area (Å²) in [6, 6.07) is 1.96. The van der Waals surface area contributed by atoms with E-state index in [1.54, 1.807) is 6.08 Å². The second-order valence-corrected chi connectivity index (χ2v) is 5.92. The van der Waals surface area contributed by atoms with Crippen molar-refractivity contribution in [1.82, 2.24) is 0 Å². The van der Waals surface area contributed by atoms with Gasteiger partial charge in [0.05, 0.1) is 16.8 Å². The van der Waals surface area contributed by atoms with Crippen LogP contribution in [-0.4, -0.2) is 24.5 Å². The van der Waals surface area contributed by atoms with Gasteiger partial charge >= 0.3 is 7.12 Å². The highest BCUT2D eigenvalue weighted by Crippen LogP contribution is 2.37. The van der Waals surface area contributed by atoms with E-state index in [1.807, 2.05) is 51.2 Å². The molecule has 1 fully saturated rings. The van der Waals surface area contributed by atoms with E-state index in [0.29, 0.717) is 5.57 Å². The van der Waals surface area contributed by atoms with Gasteiger partial charge in [0.15, 0.2) is 0 Å². The van der Waals surface area contributed by atoms with Gasteiger partial charge in [0.2, 0.25) is 0 Å². The monoisotopic (exact) mass is 272 g/mol. The van der Waals surface area contributed by atoms with E-state index in [0.717, 1.165) is 17.5 Å². The minimum atomic E-state index is -0.396. The summed E-state index contributed by atoms with van der Waals surface area (Å²) in [6.07, 6.45) is 6.53. The van der Waals surface area contributed by atoms with E-state index in [2.05, 4.69) is 0 Å². The lowest BCUT2D eigenvalue weighted by Gasteiger charge is -2.32. The Hall–Kier alpha value is -1.68. The van der Waals surface area contributed by atoms with Gasteiger partial charge in [-0.1, -0.05) is 0 Å². The van der Waals surface area contributed by atoms with Gasteiger partial charge in [-0.15, -0.1) is 0 Å². The first-order valence-corrected chi connectivity index (χ1v) is 6.53. The third-order valence-electron chi connectivity index (χ3n) is 3.93. The van der Waals surface area contributed by atoms with E-state index in [1.165, 1.54) is 0 Å². The average Bonchev–Trinajstić information content (AvgIpc) is 2.90. The van der Waals surface area contributed by atoms with Crippen LogP contribution in [0.15, 0.2) is 35.1 Å². The van der Waals surface area contributed by atoms with Gasteiger partial charge in [-0.2, -0.15) is 5.26 Å². The van der Waals surface area contributed by atoms with Crippen LogP contribution in [0.2, 0.25) is 0 Å². The maximum absolute atomic E-state index is 8.82. The number of hydrogen-bond acceptors (Lipinski definition) is 4. The van der Waals surface area contributed by atoms with Crippen LogP contribution >= 0.6 is 0 Å². The Morgan fingerprint density at radius 1 is 1.30 bits per heavy atom. The van der Waals surface area contributed by atoms with Gasteiger partial charge in [-0.25, -0.2) is 0 Å². The van der Waals surface area contributed by atoms with Crippen molar-refractivity contribution >= 4 is 13.3 Å². The molecule has 5 nitrogen and oxygen atoms in total. The standard InChI is InChI=1S/C14H18BN3O2/c1-13(2)14(3,4)20-15(19-13)12-6-5-11(18-12)7-10(8-16)9-17/h5-8,16,18H,1-4H3/p+1/b10-7+,16-8?. The molecule has 2 aliphatic rings. The highest BCUT2D eigenvalue weighted by Gasteiger charge is 2.54. The first kappa shape index (κ1) is 14.7. The molecule has 0 spiro atoms. The topological polar surface area (TPSA) is 82.7 Å². The van der Waals surface area contributed by atoms with Gasteiger partial charge in [0, 0.05) is 18.4 Å². The summed E-state index contributed by atoms with van der Waals surface area (Å²) >= 11 is 0. The van der Waals surface area contributed by atoms with Crippen LogP contribution in [0.25, 0.3) is 0 Å². The van der Waals surface area contributed by atoms with E-state index >= 15 is 0 Å². The Morgan fingerprint density at radius 3 is 2.40 bits per heavy atom. The average molecular weight is 272 g/mol. The van der Waals surface area contributed by atoms with Crippen molar-refractivity contribution in [3.05, 3.63) is 35.1 Å². The minimum absolute atomic E-state index is 0.316. The van der Waals surface area contributed by atoms with Crippen LogP contribution in [-0.2, 0) is 9.31 Å². The molecule has 0 bridgehead atoms. The van der Waals surface area contributed by atoms with E-state index in [9.17, 15) is 0 Å². The van der Waals surface area contributed by atoms with Crippen LogP contribution < -0.4 is 5.32 Å². The molecule has 6 heteroatoms. The van der Waals surface area contributed by atoms with Crippen LogP contribution in [0.4, 0.5) is 0 Å². The molecular formula is C14H19BN3O2+. The van der Waals surface area contributed by atoms with Gasteiger partial charge in [0.1, 0.15) is 17.4 Å². The first-order chi connectivity index (χ1) is 9.29. The second kappa shape index (κ2) is 5.02. The Labute approximate surface area is 119 Å². The number of quaternary nitrogens is 1. The number of allylic oxidation sites excluding steroid dienone is 4. The molecule has 2 aliphatic heterocycles. The maximum Gasteiger partial charge on any atom is 0.554 e. The summed E-state index contributed by atoms with van der Waals surface area (Å²) < 4.78 is 11.9. The lowest BCUT2D eigenvalue weighted by molar-refractivity contribution is -0.537. The molecule has 104 valence electrons. The summed E-state index contributed by atoms with van der Waals surface area (Å²) in [7, 11) is -0.396. The summed E-state index contributed by atoms with van der Waals surface area (Å²) in [4.78, 5) is 0. The van der Waals surface area contributed by atoms with E-state index < -0.39 is 7.12 Å². The molecule has 1 saturated heterocycles. The zero-order valence-electron chi connectivity index (χ0n) is 12.2. The van der Waals surface area contributed by atoms with Gasteiger partial charge in [-0.05, 0) is 33.8 Å². The SMILES string of the molecule is CC1(C)OB(C2=CC=C(/C=C(/C#N)C=N)[NH2+]2)OC1(C)C. The zero-order valence-corrected chi connectivity index (χ0v) is 12.2. The summed E-state index contributed by atoms with van der Waals surface area (Å²) in [5.74, 6) is 0. The molecule has 0 aromatic rings. The predicted octanol–water partition coefficient (Wildman–Crippen LogP) is 1.06. The highest BCUT2D eigenvalue weighted by atomic mass is 16.7. The third kappa shape index (κ3) is 2.61. The van der Waals surface area contributed by atoms with Crippen LogP contribution in [0.5, 0.6) is 0 Å². The Balaban J connectivity index is 2.06. The zero-order chi connectivity index (χ0) is 15.0. The van der Waals surface area contributed by atoms with Gasteiger partial charge in [0.25, 0.3) is 0 Å². The molecular weight excluding hydrogens is 253 g/mol. The van der Waals surface area contributed by atoms with Crippen molar-refractivity contribution < 1.29 is 14.6 Å². The highest BCUT2D eigenvalue weighted by molar-refractivity contribution is 6.53. The molecule has 0 unspecified atom stereocenters. The molecule has 0 radical (unpaired) electrons. The van der Waals surface area contributed by atoms with Crippen LogP contribution in [0.3, 0.4) is 0 Å². The maximum atomic E-state index is 8.82. The number of hydrogen-bond donors (Lipinski definition) is 2. The molecule has 3 N–H and O–H groups in total. The second-order valence-electron chi connectivity index (χ2n) is 5.92. The molecule has 20 heavy (non-hydrogen) atoms. The summed E-state index contributed by atoms with van der Waals surface area (Å²) in [6.45, 7) is 8.05. The number of nitrogens with zero attached hydrogens (tertiary/aromatic N) is 1. The predicted molar refractivity (Wildman–Crippen MR) is 76.7 cm³/mol. The van der Waals surface area contributed by atoms with Crippen molar-refractivity contribution in [2.45, 2.75) is 38.9 Å². The van der Waals surface area contributed by atoms with Crippen molar-refractivity contribution in [1.29, 1.82) is 10.7 Å². The van der Waals surface area contributed by atoms with E-state index in [-0.39, 0.29) is 11.2 Å². The number of nitrogens with two attached hydrogens (primary N) is 1. The number of nitriles is 1. The fraction of sp³-hybridized carbons (Fsp3) is 0.429. The molecule has 0 aromatic carbocycles. The molecule has 0 saturated carbocycles. The molecule has 2 rings (SSSR count). The normalized spacial score (nSPS) is 24.1. The quantitative estimate of drug-likeness (QED) is 0.458. The molecule has 0 atom stereocenters. The summed E-state index contributed by atoms with van der Waals surface area (Å²) in [5, 5.41) is 17.9. The Bertz CT molecular complexity index is 551. The minimum Gasteiger partial charge on any atom is -0.396 e. The van der Waals surface area contributed by atoms with Gasteiger partial charge < -0.3 is 14.7 Å². The fourth-order valence-electron chi connectivity index (χ4n) is 1.98. The van der Waals surface area contributed by atoms with Crippen molar-refractivity contribution in [2.75, 3.05) is 0 Å². The first-order valence-electron chi connectivity index (χ1n) is 6.53. The lowest BCUT2D eigenvalue weighted by Crippen LogP contribution is -2.81. The van der Waals surface area contributed by atoms with Crippen LogP contribution in [0, 0.1) is 16.7 Å². The Morgan fingerprint density at radius 2 is 1.90 bits per heavy atom. The molecule has 2 heterocycles. The van der Waals surface area contributed by atoms with Gasteiger partial charge in [-0.3, -0.25) is 5.32 Å². The van der Waals surface area contributed by atoms with Crippen molar-refractivity contribution in [3.63, 3.8) is 0 Å². The van der Waals surface area contributed by atoms with Crippen LogP contribution in [0.1, 0.15) is 27.7 Å². The molecule has 0 aromatic heterocycles. The molecule has 0 amide bonds. The third-order valence-corrected chi connectivity index (χ3v) is 3.93. The molecule has 0 aliphatic carbocycles. The smallest absolute Gasteiger partial charge is 0.396 e. The fourth-order valence-corrected chi connectivity index (χ4v) is 1.98.